The molecule has 5 heteroatoms. The highest BCUT2D eigenvalue weighted by molar-refractivity contribution is 5.47. The quantitative estimate of drug-likeness (QED) is 0.306. The van der Waals surface area contributed by atoms with E-state index in [9.17, 15) is 0 Å². The van der Waals surface area contributed by atoms with Crippen molar-refractivity contribution in [1.29, 1.82) is 0 Å². The van der Waals surface area contributed by atoms with Crippen molar-refractivity contribution in [3.63, 3.8) is 0 Å². The standard InChI is InChI=1S/C30H32O5/c1-4-20-31-26-25(33-28-27(26)34-29(2,3)35-28)21-32-30(22-14-8-5-9-15-22,23-16-10-6-11-17-23)24-18-12-7-13-19-24/h4-19,25-28H,1,20-21H2,2-3H3. The summed E-state index contributed by atoms with van der Waals surface area (Å²) in [7, 11) is 0. The minimum Gasteiger partial charge on any atom is -0.368 e. The van der Waals surface area contributed by atoms with E-state index in [-0.39, 0.29) is 24.9 Å². The lowest BCUT2D eigenvalue weighted by Crippen LogP contribution is -2.42. The van der Waals surface area contributed by atoms with Gasteiger partial charge in [-0.15, -0.1) is 6.58 Å². The lowest BCUT2D eigenvalue weighted by atomic mass is 9.80. The first-order valence-corrected chi connectivity index (χ1v) is 12.1. The highest BCUT2D eigenvalue weighted by Gasteiger charge is 2.56. The Morgan fingerprint density at radius 2 is 1.34 bits per heavy atom. The number of fused-ring (bicyclic) bond motifs is 1. The summed E-state index contributed by atoms with van der Waals surface area (Å²) < 4.78 is 31.5. The van der Waals surface area contributed by atoms with Crippen LogP contribution in [0.15, 0.2) is 104 Å². The zero-order valence-electron chi connectivity index (χ0n) is 20.2. The summed E-state index contributed by atoms with van der Waals surface area (Å²) in [5, 5.41) is 0. The maximum absolute atomic E-state index is 6.96. The van der Waals surface area contributed by atoms with Gasteiger partial charge in [0.1, 0.15) is 23.9 Å². The van der Waals surface area contributed by atoms with Gasteiger partial charge < -0.3 is 23.7 Å². The van der Waals surface area contributed by atoms with Crippen molar-refractivity contribution in [2.75, 3.05) is 13.2 Å². The smallest absolute Gasteiger partial charge is 0.190 e. The fourth-order valence-corrected chi connectivity index (χ4v) is 5.04. The van der Waals surface area contributed by atoms with Crippen LogP contribution in [0.5, 0.6) is 0 Å². The van der Waals surface area contributed by atoms with Crippen LogP contribution < -0.4 is 0 Å². The van der Waals surface area contributed by atoms with Crippen molar-refractivity contribution in [3.8, 4) is 0 Å². The van der Waals surface area contributed by atoms with Crippen molar-refractivity contribution >= 4 is 0 Å². The van der Waals surface area contributed by atoms with Crippen LogP contribution in [-0.2, 0) is 29.3 Å². The molecule has 0 bridgehead atoms. The number of benzene rings is 3. The third kappa shape index (κ3) is 4.70. The molecule has 0 N–H and O–H groups in total. The van der Waals surface area contributed by atoms with E-state index in [1.165, 1.54) is 0 Å². The zero-order chi connectivity index (χ0) is 24.3. The van der Waals surface area contributed by atoms with Crippen LogP contribution in [0.3, 0.4) is 0 Å². The van der Waals surface area contributed by atoms with Gasteiger partial charge in [0.05, 0.1) is 13.2 Å². The molecule has 4 unspecified atom stereocenters. The zero-order valence-corrected chi connectivity index (χ0v) is 20.2. The molecule has 3 aromatic carbocycles. The summed E-state index contributed by atoms with van der Waals surface area (Å²) in [6.07, 6.45) is 0.163. The molecule has 182 valence electrons. The van der Waals surface area contributed by atoms with E-state index in [4.69, 9.17) is 23.7 Å². The lowest BCUT2D eigenvalue weighted by Gasteiger charge is -2.37. The molecule has 0 amide bonds. The van der Waals surface area contributed by atoms with Gasteiger partial charge in [0.15, 0.2) is 12.1 Å². The Morgan fingerprint density at radius 1 is 0.829 bits per heavy atom. The van der Waals surface area contributed by atoms with Crippen molar-refractivity contribution in [2.45, 2.75) is 49.8 Å². The average Bonchev–Trinajstić information content (AvgIpc) is 3.36. The van der Waals surface area contributed by atoms with Crippen LogP contribution in [0.2, 0.25) is 0 Å². The summed E-state index contributed by atoms with van der Waals surface area (Å²) in [5.74, 6) is -0.723. The van der Waals surface area contributed by atoms with Crippen LogP contribution in [0.25, 0.3) is 0 Å². The molecule has 2 aliphatic rings. The van der Waals surface area contributed by atoms with E-state index < -0.39 is 17.7 Å². The third-order valence-electron chi connectivity index (χ3n) is 6.50. The fourth-order valence-electron chi connectivity index (χ4n) is 5.04. The van der Waals surface area contributed by atoms with Crippen molar-refractivity contribution in [3.05, 3.63) is 120 Å². The first kappa shape index (κ1) is 23.9. The van der Waals surface area contributed by atoms with Gasteiger partial charge in [-0.2, -0.15) is 0 Å². The first-order chi connectivity index (χ1) is 17.0. The largest absolute Gasteiger partial charge is 0.368 e. The second-order valence-corrected chi connectivity index (χ2v) is 9.32. The number of hydrogen-bond donors (Lipinski definition) is 0. The summed E-state index contributed by atoms with van der Waals surface area (Å²) in [6, 6.07) is 30.9. The maximum Gasteiger partial charge on any atom is 0.190 e. The van der Waals surface area contributed by atoms with Gasteiger partial charge in [-0.3, -0.25) is 0 Å². The van der Waals surface area contributed by atoms with E-state index >= 15 is 0 Å². The molecule has 2 fully saturated rings. The van der Waals surface area contributed by atoms with E-state index in [1.807, 2.05) is 68.4 Å². The predicted molar refractivity (Wildman–Crippen MR) is 134 cm³/mol. The molecule has 4 atom stereocenters. The molecule has 5 nitrogen and oxygen atoms in total. The van der Waals surface area contributed by atoms with Crippen LogP contribution in [0.4, 0.5) is 0 Å². The normalized spacial score (nSPS) is 25.3. The topological polar surface area (TPSA) is 46.2 Å². The molecular weight excluding hydrogens is 440 g/mol. The van der Waals surface area contributed by atoms with E-state index in [1.54, 1.807) is 6.08 Å². The Balaban J connectivity index is 1.52. The van der Waals surface area contributed by atoms with Crippen LogP contribution in [-0.4, -0.2) is 43.6 Å². The molecule has 0 aliphatic carbocycles. The molecule has 35 heavy (non-hydrogen) atoms. The van der Waals surface area contributed by atoms with E-state index in [0.29, 0.717) is 6.61 Å². The minimum atomic E-state index is -0.838. The Morgan fingerprint density at radius 3 is 1.83 bits per heavy atom. The molecule has 0 aromatic heterocycles. The molecule has 3 aromatic rings. The van der Waals surface area contributed by atoms with Gasteiger partial charge in [0.25, 0.3) is 0 Å². The van der Waals surface area contributed by atoms with Crippen molar-refractivity contribution < 1.29 is 23.7 Å². The molecule has 2 saturated heterocycles. The molecule has 5 rings (SSSR count). The van der Waals surface area contributed by atoms with E-state index in [0.717, 1.165) is 16.7 Å². The highest BCUT2D eigenvalue weighted by atomic mass is 16.8. The summed E-state index contributed by atoms with van der Waals surface area (Å²) in [4.78, 5) is 0. The second-order valence-electron chi connectivity index (χ2n) is 9.32. The minimum absolute atomic E-state index is 0.278. The first-order valence-electron chi connectivity index (χ1n) is 12.1. The Labute approximate surface area is 207 Å². The van der Waals surface area contributed by atoms with Crippen molar-refractivity contribution in [2.24, 2.45) is 0 Å². The number of rotatable bonds is 9. The summed E-state index contributed by atoms with van der Waals surface area (Å²) >= 11 is 0. The molecule has 0 radical (unpaired) electrons. The Kier molecular flexibility index (Phi) is 6.87. The van der Waals surface area contributed by atoms with Gasteiger partial charge in [-0.1, -0.05) is 97.1 Å². The molecule has 2 heterocycles. The molecular formula is C30H32O5. The molecule has 0 saturated carbocycles. The molecule has 2 aliphatic heterocycles. The maximum atomic E-state index is 6.96. The third-order valence-corrected chi connectivity index (χ3v) is 6.50. The highest BCUT2D eigenvalue weighted by Crippen LogP contribution is 2.43. The van der Waals surface area contributed by atoms with Gasteiger partial charge in [-0.25, -0.2) is 0 Å². The van der Waals surface area contributed by atoms with Crippen LogP contribution in [0.1, 0.15) is 30.5 Å². The van der Waals surface area contributed by atoms with Crippen molar-refractivity contribution in [1.82, 2.24) is 0 Å². The number of ether oxygens (including phenoxy) is 5. The average molecular weight is 473 g/mol. The van der Waals surface area contributed by atoms with E-state index in [2.05, 4.69) is 43.0 Å². The Bertz CT molecular complexity index is 1000. The van der Waals surface area contributed by atoms with Gasteiger partial charge in [0.2, 0.25) is 0 Å². The SMILES string of the molecule is C=CCOC1C(COC(c2ccccc2)(c2ccccc2)c2ccccc2)OC2OC(C)(C)OC21. The molecule has 0 spiro atoms. The Hall–Kier alpha value is -2.80. The lowest BCUT2D eigenvalue weighted by molar-refractivity contribution is -0.226. The van der Waals surface area contributed by atoms with Crippen LogP contribution in [0, 0.1) is 0 Å². The van der Waals surface area contributed by atoms with Gasteiger partial charge in [-0.05, 0) is 30.5 Å². The fraction of sp³-hybridized carbons (Fsp3) is 0.333. The predicted octanol–water partition coefficient (Wildman–Crippen LogP) is 5.44. The number of hydrogen-bond acceptors (Lipinski definition) is 5. The van der Waals surface area contributed by atoms with Gasteiger partial charge in [0, 0.05) is 0 Å². The summed E-state index contributed by atoms with van der Waals surface area (Å²) in [6.45, 7) is 8.23. The van der Waals surface area contributed by atoms with Gasteiger partial charge >= 0.3 is 0 Å². The monoisotopic (exact) mass is 472 g/mol. The summed E-state index contributed by atoms with van der Waals surface area (Å²) in [5.41, 5.74) is 2.27. The second kappa shape index (κ2) is 10.1. The van der Waals surface area contributed by atoms with Crippen LogP contribution >= 0.6 is 0 Å².